The second-order valence-corrected chi connectivity index (χ2v) is 9.94. The summed E-state index contributed by atoms with van der Waals surface area (Å²) in [6, 6.07) is 5.64. The zero-order valence-electron chi connectivity index (χ0n) is 15.5. The van der Waals surface area contributed by atoms with E-state index < -0.39 is 21.9 Å². The van der Waals surface area contributed by atoms with Gasteiger partial charge >= 0.3 is 5.97 Å². The molecular weight excluding hydrogens is 374 g/mol. The number of carbonyl (C=O) groups is 2. The van der Waals surface area contributed by atoms with Gasteiger partial charge in [-0.25, -0.2) is 8.42 Å². The normalized spacial score (nSPS) is 19.8. The zero-order chi connectivity index (χ0) is 19.5. The molecule has 26 heavy (non-hydrogen) atoms. The molecule has 0 saturated carbocycles. The summed E-state index contributed by atoms with van der Waals surface area (Å²) in [7, 11) is -1.52. The number of hydrogen-bond acceptors (Lipinski definition) is 6. The minimum atomic E-state index is -3.07. The summed E-state index contributed by atoms with van der Waals surface area (Å²) in [5.74, 6) is -0.669. The summed E-state index contributed by atoms with van der Waals surface area (Å²) in [5, 5.41) is 0. The summed E-state index contributed by atoms with van der Waals surface area (Å²) < 4.78 is 28.3. The van der Waals surface area contributed by atoms with Crippen LogP contribution in [0.2, 0.25) is 0 Å². The van der Waals surface area contributed by atoms with Gasteiger partial charge in [-0.15, -0.1) is 11.8 Å². The quantitative estimate of drug-likeness (QED) is 0.537. The van der Waals surface area contributed by atoms with Crippen molar-refractivity contribution >= 4 is 33.5 Å². The van der Waals surface area contributed by atoms with Crippen molar-refractivity contribution in [3.63, 3.8) is 0 Å². The molecule has 1 aliphatic heterocycles. The average Bonchev–Trinajstić information content (AvgIpc) is 2.92. The van der Waals surface area contributed by atoms with Crippen LogP contribution in [0.5, 0.6) is 0 Å². The molecule has 1 aromatic rings. The first-order valence-electron chi connectivity index (χ1n) is 8.45. The Morgan fingerprint density at radius 2 is 2.04 bits per heavy atom. The van der Waals surface area contributed by atoms with E-state index in [0.29, 0.717) is 6.42 Å². The molecular formula is C18H25NO5S2. The Labute approximate surface area is 159 Å². The smallest absolute Gasteiger partial charge is 0.317 e. The van der Waals surface area contributed by atoms with Crippen LogP contribution in [0.4, 0.5) is 0 Å². The number of rotatable bonds is 6. The SMILES string of the molecule is Cc1ccc(SCC(=O)O[C@@H](C)C(=O)N(C)[C@H]2CCS(=O)(=O)C2)c(C)c1. The molecule has 0 aliphatic carbocycles. The van der Waals surface area contributed by atoms with E-state index in [-0.39, 0.29) is 29.2 Å². The molecule has 0 aromatic heterocycles. The minimum Gasteiger partial charge on any atom is -0.452 e. The summed E-state index contributed by atoms with van der Waals surface area (Å²) in [5.41, 5.74) is 2.25. The molecule has 1 saturated heterocycles. The lowest BCUT2D eigenvalue weighted by atomic mass is 10.2. The molecule has 2 rings (SSSR count). The lowest BCUT2D eigenvalue weighted by molar-refractivity contribution is -0.157. The third kappa shape index (κ3) is 5.48. The van der Waals surface area contributed by atoms with E-state index in [9.17, 15) is 18.0 Å². The topological polar surface area (TPSA) is 80.8 Å². The van der Waals surface area contributed by atoms with Crippen molar-refractivity contribution in [3.8, 4) is 0 Å². The summed E-state index contributed by atoms with van der Waals surface area (Å²) >= 11 is 1.37. The first kappa shape index (κ1) is 20.8. The van der Waals surface area contributed by atoms with E-state index >= 15 is 0 Å². The standard InChI is InChI=1S/C18H25NO5S2/c1-12-5-6-16(13(2)9-12)25-10-17(20)24-14(3)18(21)19(4)15-7-8-26(22,23)11-15/h5-6,9,14-15H,7-8,10-11H2,1-4H3/t14-,15-/m0/s1. The Kier molecular flexibility index (Phi) is 6.74. The van der Waals surface area contributed by atoms with E-state index in [1.807, 2.05) is 32.0 Å². The molecule has 1 heterocycles. The minimum absolute atomic E-state index is 0.0293. The third-order valence-corrected chi connectivity index (χ3v) is 7.34. The Balaban J connectivity index is 1.85. The third-order valence-electron chi connectivity index (χ3n) is 4.44. The fourth-order valence-electron chi connectivity index (χ4n) is 2.93. The van der Waals surface area contributed by atoms with Crippen LogP contribution in [0.1, 0.15) is 24.5 Å². The maximum Gasteiger partial charge on any atom is 0.317 e. The molecule has 0 spiro atoms. The lowest BCUT2D eigenvalue weighted by Crippen LogP contribution is -2.44. The summed E-state index contributed by atoms with van der Waals surface area (Å²) in [4.78, 5) is 26.8. The average molecular weight is 400 g/mol. The first-order valence-corrected chi connectivity index (χ1v) is 11.3. The Bertz CT molecular complexity index is 791. The number of benzene rings is 1. The van der Waals surface area contributed by atoms with E-state index in [1.54, 1.807) is 7.05 Å². The van der Waals surface area contributed by atoms with E-state index in [1.165, 1.54) is 23.6 Å². The highest BCUT2D eigenvalue weighted by Crippen LogP contribution is 2.23. The van der Waals surface area contributed by atoms with Gasteiger partial charge in [0, 0.05) is 18.0 Å². The number of amides is 1. The lowest BCUT2D eigenvalue weighted by Gasteiger charge is -2.26. The number of carbonyl (C=O) groups excluding carboxylic acids is 2. The van der Waals surface area contributed by atoms with Crippen molar-refractivity contribution < 1.29 is 22.7 Å². The van der Waals surface area contributed by atoms with Crippen LogP contribution in [-0.2, 0) is 24.2 Å². The van der Waals surface area contributed by atoms with Gasteiger partial charge in [0.05, 0.1) is 17.3 Å². The molecule has 1 amide bonds. The molecule has 0 bridgehead atoms. The van der Waals surface area contributed by atoms with Crippen LogP contribution in [0.25, 0.3) is 0 Å². The molecule has 1 aromatic carbocycles. The number of sulfone groups is 1. The Morgan fingerprint density at radius 3 is 2.62 bits per heavy atom. The van der Waals surface area contributed by atoms with Gasteiger partial charge in [0.2, 0.25) is 0 Å². The van der Waals surface area contributed by atoms with Crippen LogP contribution < -0.4 is 0 Å². The molecule has 1 fully saturated rings. The second kappa shape index (κ2) is 8.43. The molecule has 0 unspecified atom stereocenters. The van der Waals surface area contributed by atoms with Crippen LogP contribution >= 0.6 is 11.8 Å². The van der Waals surface area contributed by atoms with Gasteiger partial charge in [0.1, 0.15) is 0 Å². The highest BCUT2D eigenvalue weighted by atomic mass is 32.2. The second-order valence-electron chi connectivity index (χ2n) is 6.70. The van der Waals surface area contributed by atoms with Crippen LogP contribution in [0.15, 0.2) is 23.1 Å². The predicted molar refractivity (Wildman–Crippen MR) is 102 cm³/mol. The fraction of sp³-hybridized carbons (Fsp3) is 0.556. The van der Waals surface area contributed by atoms with Gasteiger partial charge in [-0.2, -0.15) is 0 Å². The highest BCUT2D eigenvalue weighted by molar-refractivity contribution is 8.00. The number of hydrogen-bond donors (Lipinski definition) is 0. The van der Waals surface area contributed by atoms with Crippen LogP contribution in [0, 0.1) is 13.8 Å². The summed E-state index contributed by atoms with van der Waals surface area (Å²) in [6.45, 7) is 5.51. The van der Waals surface area contributed by atoms with Gasteiger partial charge in [0.25, 0.3) is 5.91 Å². The van der Waals surface area contributed by atoms with Crippen molar-refractivity contribution in [2.24, 2.45) is 0 Å². The van der Waals surface area contributed by atoms with Crippen LogP contribution in [0.3, 0.4) is 0 Å². The van der Waals surface area contributed by atoms with E-state index in [2.05, 4.69) is 0 Å². The van der Waals surface area contributed by atoms with Gasteiger partial charge in [-0.1, -0.05) is 17.7 Å². The maximum atomic E-state index is 12.4. The Morgan fingerprint density at radius 1 is 1.35 bits per heavy atom. The molecule has 0 N–H and O–H groups in total. The van der Waals surface area contributed by atoms with Crippen molar-refractivity contribution in [1.29, 1.82) is 0 Å². The molecule has 0 radical (unpaired) electrons. The summed E-state index contributed by atoms with van der Waals surface area (Å²) in [6.07, 6.45) is -0.510. The molecule has 6 nitrogen and oxygen atoms in total. The van der Waals surface area contributed by atoms with Crippen molar-refractivity contribution in [2.45, 2.75) is 44.2 Å². The zero-order valence-corrected chi connectivity index (χ0v) is 17.2. The molecule has 144 valence electrons. The number of aryl methyl sites for hydroxylation is 2. The van der Waals surface area contributed by atoms with E-state index in [4.69, 9.17) is 4.74 Å². The number of likely N-dealkylation sites (N-methyl/N-ethyl adjacent to an activating group) is 1. The maximum absolute atomic E-state index is 12.4. The van der Waals surface area contributed by atoms with Crippen molar-refractivity contribution in [1.82, 2.24) is 4.90 Å². The highest BCUT2D eigenvalue weighted by Gasteiger charge is 2.34. The Hall–Kier alpha value is -1.54. The number of thioether (sulfide) groups is 1. The largest absolute Gasteiger partial charge is 0.452 e. The van der Waals surface area contributed by atoms with Gasteiger partial charge in [0.15, 0.2) is 15.9 Å². The number of esters is 1. The molecule has 1 aliphatic rings. The predicted octanol–water partition coefficient (Wildman–Crippen LogP) is 1.97. The van der Waals surface area contributed by atoms with Crippen molar-refractivity contribution in [3.05, 3.63) is 29.3 Å². The monoisotopic (exact) mass is 399 g/mol. The van der Waals surface area contributed by atoms with E-state index in [0.717, 1.165) is 16.0 Å². The van der Waals surface area contributed by atoms with Gasteiger partial charge < -0.3 is 9.64 Å². The van der Waals surface area contributed by atoms with Gasteiger partial charge in [-0.3, -0.25) is 9.59 Å². The number of ether oxygens (including phenoxy) is 1. The number of nitrogens with zero attached hydrogens (tertiary/aromatic N) is 1. The molecule has 2 atom stereocenters. The first-order chi connectivity index (χ1) is 12.1. The van der Waals surface area contributed by atoms with Crippen LogP contribution in [-0.4, -0.2) is 61.6 Å². The van der Waals surface area contributed by atoms with Gasteiger partial charge in [-0.05, 0) is 38.8 Å². The molecule has 8 heteroatoms. The fourth-order valence-corrected chi connectivity index (χ4v) is 5.49. The van der Waals surface area contributed by atoms with Crippen molar-refractivity contribution in [2.75, 3.05) is 24.3 Å².